The molecule has 3 fully saturated rings. The Morgan fingerprint density at radius 3 is 2.09 bits per heavy atom. The fourth-order valence-electron chi connectivity index (χ4n) is 6.25. The smallest absolute Gasteiger partial charge is 0.243 e. The number of likely N-dealkylation sites (tertiary alicyclic amines) is 1. The highest BCUT2D eigenvalue weighted by Crippen LogP contribution is 2.39. The third-order valence-corrected chi connectivity index (χ3v) is 8.93. The molecule has 0 radical (unpaired) electrons. The molecule has 0 aliphatic carbocycles. The standard InChI is InChI=1S/C34H47N3O8/c38-24-26-9-11-27(12-10-26)30-21-29(23-37-17-15-34(16-18-37)42-19-20-43-34)44-33(45-30)28-13-7-25(8-14-28)22-35-31(39)5-3-1-2-4-6-32(40)36-41/h7-14,29-30,33,38,41H,1-6,15-24H2,(H,35,39)(H,36,40)/t29-,30+,33+/m1/s1. The van der Waals surface area contributed by atoms with Gasteiger partial charge in [-0.2, -0.15) is 0 Å². The number of hydrogen-bond donors (Lipinski definition) is 4. The Balaban J connectivity index is 1.13. The topological polar surface area (TPSA) is 139 Å². The van der Waals surface area contributed by atoms with Crippen LogP contribution < -0.4 is 10.8 Å². The molecule has 246 valence electrons. The van der Waals surface area contributed by atoms with Crippen LogP contribution in [0.4, 0.5) is 0 Å². The van der Waals surface area contributed by atoms with Crippen LogP contribution in [0.25, 0.3) is 0 Å². The highest BCUT2D eigenvalue weighted by molar-refractivity contribution is 5.75. The predicted molar refractivity (Wildman–Crippen MR) is 165 cm³/mol. The van der Waals surface area contributed by atoms with Crippen molar-refractivity contribution in [3.8, 4) is 0 Å². The summed E-state index contributed by atoms with van der Waals surface area (Å²) in [5.41, 5.74) is 5.47. The van der Waals surface area contributed by atoms with Crippen molar-refractivity contribution in [2.24, 2.45) is 0 Å². The Hall–Kier alpha value is -2.90. The van der Waals surface area contributed by atoms with Gasteiger partial charge in [0.1, 0.15) is 0 Å². The van der Waals surface area contributed by atoms with Gasteiger partial charge in [-0.1, -0.05) is 61.4 Å². The fourth-order valence-corrected chi connectivity index (χ4v) is 6.25. The van der Waals surface area contributed by atoms with Crippen LogP contribution in [0.1, 0.15) is 92.4 Å². The lowest BCUT2D eigenvalue weighted by Gasteiger charge is -2.41. The fraction of sp³-hybridized carbons (Fsp3) is 0.588. The molecule has 0 saturated carbocycles. The van der Waals surface area contributed by atoms with Crippen molar-refractivity contribution in [2.45, 2.75) is 95.2 Å². The molecule has 1 spiro atoms. The van der Waals surface area contributed by atoms with Crippen molar-refractivity contribution < 1.29 is 38.9 Å². The first kappa shape index (κ1) is 33.5. The van der Waals surface area contributed by atoms with Gasteiger partial charge in [-0.25, -0.2) is 5.48 Å². The number of rotatable bonds is 14. The number of hydroxylamine groups is 1. The molecule has 2 aromatic carbocycles. The van der Waals surface area contributed by atoms with Crippen molar-refractivity contribution in [1.82, 2.24) is 15.7 Å². The van der Waals surface area contributed by atoms with E-state index in [-0.39, 0.29) is 30.6 Å². The molecule has 3 heterocycles. The number of piperidine rings is 1. The summed E-state index contributed by atoms with van der Waals surface area (Å²) >= 11 is 0. The van der Waals surface area contributed by atoms with Crippen LogP contribution in [-0.4, -0.2) is 71.8 Å². The first-order valence-corrected chi connectivity index (χ1v) is 16.2. The minimum Gasteiger partial charge on any atom is -0.392 e. The summed E-state index contributed by atoms with van der Waals surface area (Å²) in [7, 11) is 0. The Morgan fingerprint density at radius 1 is 0.822 bits per heavy atom. The molecule has 0 aromatic heterocycles. The first-order chi connectivity index (χ1) is 21.9. The largest absolute Gasteiger partial charge is 0.392 e. The second-order valence-corrected chi connectivity index (χ2v) is 12.2. The Bertz CT molecular complexity index is 1210. The van der Waals surface area contributed by atoms with Crippen molar-refractivity contribution in [2.75, 3.05) is 32.8 Å². The van der Waals surface area contributed by atoms with Crippen LogP contribution in [0.2, 0.25) is 0 Å². The van der Waals surface area contributed by atoms with Gasteiger partial charge >= 0.3 is 0 Å². The number of carbonyl (C=O) groups is 2. The highest BCUT2D eigenvalue weighted by Gasteiger charge is 2.41. The minimum absolute atomic E-state index is 0.00119. The molecule has 3 atom stereocenters. The number of carbonyl (C=O) groups excluding carboxylic acids is 2. The summed E-state index contributed by atoms with van der Waals surface area (Å²) < 4.78 is 24.9. The van der Waals surface area contributed by atoms with E-state index in [0.717, 1.165) is 80.4 Å². The maximum absolute atomic E-state index is 12.3. The lowest BCUT2D eigenvalue weighted by Crippen LogP contribution is -2.48. The van der Waals surface area contributed by atoms with Crippen LogP contribution in [0, 0.1) is 0 Å². The summed E-state index contributed by atoms with van der Waals surface area (Å²) in [4.78, 5) is 25.8. The molecule has 5 rings (SSSR count). The Morgan fingerprint density at radius 2 is 1.44 bits per heavy atom. The number of amides is 2. The number of aliphatic hydroxyl groups excluding tert-OH is 1. The number of hydrogen-bond acceptors (Lipinski definition) is 9. The van der Waals surface area contributed by atoms with Crippen LogP contribution in [-0.2, 0) is 41.7 Å². The zero-order chi connectivity index (χ0) is 31.5. The van der Waals surface area contributed by atoms with E-state index in [0.29, 0.717) is 39.0 Å². The molecule has 3 aliphatic rings. The van der Waals surface area contributed by atoms with Gasteiger partial charge in [0.2, 0.25) is 11.8 Å². The third kappa shape index (κ3) is 9.79. The maximum Gasteiger partial charge on any atom is 0.243 e. The van der Waals surface area contributed by atoms with E-state index in [1.807, 2.05) is 48.5 Å². The van der Waals surface area contributed by atoms with Crippen molar-refractivity contribution in [1.29, 1.82) is 0 Å². The molecule has 0 bridgehead atoms. The second kappa shape index (κ2) is 16.6. The summed E-state index contributed by atoms with van der Waals surface area (Å²) in [5, 5.41) is 21.0. The van der Waals surface area contributed by atoms with Gasteiger partial charge in [-0.15, -0.1) is 0 Å². The number of aliphatic hydroxyl groups is 1. The quantitative estimate of drug-likeness (QED) is 0.139. The van der Waals surface area contributed by atoms with E-state index >= 15 is 0 Å². The Labute approximate surface area is 265 Å². The van der Waals surface area contributed by atoms with Crippen LogP contribution in [0.3, 0.4) is 0 Å². The molecular formula is C34H47N3O8. The number of benzene rings is 2. The normalized spacial score (nSPS) is 23.2. The summed E-state index contributed by atoms with van der Waals surface area (Å²) in [6.45, 7) is 4.37. The molecule has 2 aromatic rings. The monoisotopic (exact) mass is 625 g/mol. The van der Waals surface area contributed by atoms with Gasteiger partial charge < -0.3 is 34.3 Å². The number of nitrogens with one attached hydrogen (secondary N) is 2. The molecule has 3 aliphatic heterocycles. The molecule has 45 heavy (non-hydrogen) atoms. The predicted octanol–water partition coefficient (Wildman–Crippen LogP) is 4.03. The lowest BCUT2D eigenvalue weighted by molar-refractivity contribution is -0.255. The van der Waals surface area contributed by atoms with Crippen molar-refractivity contribution >= 4 is 11.8 Å². The van der Waals surface area contributed by atoms with E-state index in [1.54, 1.807) is 5.48 Å². The lowest BCUT2D eigenvalue weighted by atomic mass is 9.98. The van der Waals surface area contributed by atoms with E-state index in [1.165, 1.54) is 0 Å². The zero-order valence-corrected chi connectivity index (χ0v) is 26.0. The summed E-state index contributed by atoms with van der Waals surface area (Å²) in [6, 6.07) is 15.9. The Kier molecular flexibility index (Phi) is 12.3. The van der Waals surface area contributed by atoms with Gasteiger partial charge in [0.25, 0.3) is 0 Å². The van der Waals surface area contributed by atoms with Gasteiger partial charge in [-0.3, -0.25) is 14.8 Å². The molecule has 2 amide bonds. The number of unbranched alkanes of at least 4 members (excludes halogenated alkanes) is 3. The maximum atomic E-state index is 12.3. The number of nitrogens with zero attached hydrogens (tertiary/aromatic N) is 1. The van der Waals surface area contributed by atoms with E-state index in [2.05, 4.69) is 10.2 Å². The zero-order valence-electron chi connectivity index (χ0n) is 26.0. The van der Waals surface area contributed by atoms with E-state index < -0.39 is 12.1 Å². The summed E-state index contributed by atoms with van der Waals surface area (Å²) in [6.07, 6.45) is 5.60. The van der Waals surface area contributed by atoms with Gasteiger partial charge in [0.05, 0.1) is 32.0 Å². The SMILES string of the molecule is O=C(CCCCCCC(=O)NCc1ccc([C@H]2O[C@@H](CN3CCC4(CC3)OCCO4)C[C@@H](c3ccc(CO)cc3)O2)cc1)NO. The van der Waals surface area contributed by atoms with Crippen molar-refractivity contribution in [3.05, 3.63) is 70.8 Å². The molecular weight excluding hydrogens is 578 g/mol. The van der Waals surface area contributed by atoms with Gasteiger partial charge in [0, 0.05) is 63.8 Å². The molecule has 3 saturated heterocycles. The van der Waals surface area contributed by atoms with E-state index in [4.69, 9.17) is 24.2 Å². The minimum atomic E-state index is -0.531. The average Bonchev–Trinajstić information content (AvgIpc) is 3.54. The third-order valence-electron chi connectivity index (χ3n) is 8.93. The van der Waals surface area contributed by atoms with Crippen molar-refractivity contribution in [3.63, 3.8) is 0 Å². The molecule has 0 unspecified atom stereocenters. The van der Waals surface area contributed by atoms with E-state index in [9.17, 15) is 14.7 Å². The molecule has 11 heteroatoms. The molecule has 11 nitrogen and oxygen atoms in total. The molecule has 4 N–H and O–H groups in total. The van der Waals surface area contributed by atoms with Crippen LogP contribution in [0.5, 0.6) is 0 Å². The summed E-state index contributed by atoms with van der Waals surface area (Å²) in [5.74, 6) is -0.788. The number of ether oxygens (including phenoxy) is 4. The first-order valence-electron chi connectivity index (χ1n) is 16.2. The van der Waals surface area contributed by atoms with Gasteiger partial charge in [0.15, 0.2) is 12.1 Å². The van der Waals surface area contributed by atoms with Crippen LogP contribution in [0.15, 0.2) is 48.5 Å². The highest BCUT2D eigenvalue weighted by atomic mass is 16.7. The van der Waals surface area contributed by atoms with Crippen LogP contribution >= 0.6 is 0 Å². The average molecular weight is 626 g/mol. The second-order valence-electron chi connectivity index (χ2n) is 12.2. The van der Waals surface area contributed by atoms with Gasteiger partial charge in [-0.05, 0) is 29.5 Å².